The van der Waals surface area contributed by atoms with E-state index in [1.165, 1.54) is 12.8 Å². The minimum absolute atomic E-state index is 0.0222. The highest BCUT2D eigenvalue weighted by molar-refractivity contribution is 7.09. The van der Waals surface area contributed by atoms with Gasteiger partial charge in [0.1, 0.15) is 5.01 Å². The Morgan fingerprint density at radius 1 is 1.62 bits per heavy atom. The van der Waals surface area contributed by atoms with E-state index in [1.54, 1.807) is 11.3 Å². The number of aromatic nitrogens is 1. The molecule has 0 saturated carbocycles. The SMILES string of the molecule is CC(C)(NCC1CCCOC1)c1nccs1. The van der Waals surface area contributed by atoms with Gasteiger partial charge in [-0.2, -0.15) is 0 Å². The average molecular weight is 240 g/mol. The third-order valence-corrected chi connectivity index (χ3v) is 4.15. The van der Waals surface area contributed by atoms with Crippen LogP contribution in [0.15, 0.2) is 11.6 Å². The third kappa shape index (κ3) is 3.03. The maximum Gasteiger partial charge on any atom is 0.112 e. The number of rotatable bonds is 4. The van der Waals surface area contributed by atoms with E-state index in [1.807, 2.05) is 11.6 Å². The van der Waals surface area contributed by atoms with Crippen LogP contribution in [0.3, 0.4) is 0 Å². The van der Waals surface area contributed by atoms with Crippen LogP contribution in [-0.4, -0.2) is 24.7 Å². The molecule has 0 bridgehead atoms. The highest BCUT2D eigenvalue weighted by atomic mass is 32.1. The molecule has 0 spiro atoms. The number of thiazole rings is 1. The topological polar surface area (TPSA) is 34.1 Å². The monoisotopic (exact) mass is 240 g/mol. The highest BCUT2D eigenvalue weighted by Gasteiger charge is 2.24. The Morgan fingerprint density at radius 2 is 2.50 bits per heavy atom. The van der Waals surface area contributed by atoms with Gasteiger partial charge in [0, 0.05) is 24.7 Å². The Balaban J connectivity index is 1.84. The maximum absolute atomic E-state index is 5.48. The molecule has 1 fully saturated rings. The second-order valence-electron chi connectivity index (χ2n) is 4.93. The Hall–Kier alpha value is -0.450. The summed E-state index contributed by atoms with van der Waals surface area (Å²) in [6.45, 7) is 7.24. The molecule has 0 aliphatic carbocycles. The summed E-state index contributed by atoms with van der Waals surface area (Å²) < 4.78 is 5.48. The zero-order valence-corrected chi connectivity index (χ0v) is 10.8. The lowest BCUT2D eigenvalue weighted by Crippen LogP contribution is -2.41. The highest BCUT2D eigenvalue weighted by Crippen LogP contribution is 2.23. The number of nitrogens with zero attached hydrogens (tertiary/aromatic N) is 1. The fourth-order valence-electron chi connectivity index (χ4n) is 1.98. The molecule has 1 N–H and O–H groups in total. The first kappa shape index (κ1) is 12.0. The summed E-state index contributed by atoms with van der Waals surface area (Å²) in [5.41, 5.74) is -0.0222. The lowest BCUT2D eigenvalue weighted by atomic mass is 10.00. The Morgan fingerprint density at radius 3 is 3.12 bits per heavy atom. The molecule has 0 radical (unpaired) electrons. The summed E-state index contributed by atoms with van der Waals surface area (Å²) in [6.07, 6.45) is 4.35. The molecule has 1 aromatic heterocycles. The molecule has 1 unspecified atom stereocenters. The van der Waals surface area contributed by atoms with E-state index in [4.69, 9.17) is 4.74 Å². The minimum Gasteiger partial charge on any atom is -0.381 e. The number of hydrogen-bond acceptors (Lipinski definition) is 4. The molecule has 0 amide bonds. The van der Waals surface area contributed by atoms with Crippen molar-refractivity contribution in [1.29, 1.82) is 0 Å². The van der Waals surface area contributed by atoms with Gasteiger partial charge >= 0.3 is 0 Å². The van der Waals surface area contributed by atoms with Crippen molar-refractivity contribution in [1.82, 2.24) is 10.3 Å². The van der Waals surface area contributed by atoms with Crippen molar-refractivity contribution in [2.24, 2.45) is 5.92 Å². The Kier molecular flexibility index (Phi) is 3.95. The summed E-state index contributed by atoms with van der Waals surface area (Å²) in [7, 11) is 0. The van der Waals surface area contributed by atoms with Gasteiger partial charge in [0.05, 0.1) is 12.1 Å². The summed E-state index contributed by atoms with van der Waals surface area (Å²) in [5.74, 6) is 0.660. The minimum atomic E-state index is -0.0222. The molecule has 4 heteroatoms. The van der Waals surface area contributed by atoms with Crippen LogP contribution in [0.4, 0.5) is 0 Å². The Labute approximate surface area is 101 Å². The number of ether oxygens (including phenoxy) is 1. The first-order chi connectivity index (χ1) is 7.68. The third-order valence-electron chi connectivity index (χ3n) is 3.05. The average Bonchev–Trinajstić information content (AvgIpc) is 2.82. The van der Waals surface area contributed by atoms with Gasteiger partial charge in [0.15, 0.2) is 0 Å². The molecule has 1 aliphatic rings. The quantitative estimate of drug-likeness (QED) is 0.877. The molecule has 1 atom stereocenters. The van der Waals surface area contributed by atoms with Gasteiger partial charge in [-0.15, -0.1) is 11.3 Å². The van der Waals surface area contributed by atoms with Crippen molar-refractivity contribution < 1.29 is 4.74 Å². The molecular formula is C12H20N2OS. The maximum atomic E-state index is 5.48. The molecule has 3 nitrogen and oxygen atoms in total. The molecular weight excluding hydrogens is 220 g/mol. The molecule has 1 saturated heterocycles. The Bertz CT molecular complexity index is 305. The van der Waals surface area contributed by atoms with Crippen molar-refractivity contribution >= 4 is 11.3 Å². The molecule has 0 aromatic carbocycles. The van der Waals surface area contributed by atoms with Crippen LogP contribution in [0.25, 0.3) is 0 Å². The predicted octanol–water partition coefficient (Wildman–Crippen LogP) is 2.39. The zero-order chi connectivity index (χ0) is 11.4. The zero-order valence-electron chi connectivity index (χ0n) is 10.0. The lowest BCUT2D eigenvalue weighted by Gasteiger charge is -2.29. The van der Waals surface area contributed by atoms with Crippen LogP contribution in [0.1, 0.15) is 31.7 Å². The summed E-state index contributed by atoms with van der Waals surface area (Å²) in [5, 5.41) is 6.79. The van der Waals surface area contributed by atoms with Crippen LogP contribution >= 0.6 is 11.3 Å². The van der Waals surface area contributed by atoms with E-state index < -0.39 is 0 Å². The first-order valence-corrected chi connectivity index (χ1v) is 6.79. The largest absolute Gasteiger partial charge is 0.381 e. The van der Waals surface area contributed by atoms with Gasteiger partial charge in [-0.25, -0.2) is 4.98 Å². The second kappa shape index (κ2) is 5.25. The summed E-state index contributed by atoms with van der Waals surface area (Å²) in [6, 6.07) is 0. The number of hydrogen-bond donors (Lipinski definition) is 1. The van der Waals surface area contributed by atoms with Crippen LogP contribution in [-0.2, 0) is 10.3 Å². The van der Waals surface area contributed by atoms with Gasteiger partial charge in [-0.3, -0.25) is 0 Å². The normalized spacial score (nSPS) is 22.2. The number of nitrogens with one attached hydrogen (secondary N) is 1. The van der Waals surface area contributed by atoms with E-state index in [2.05, 4.69) is 24.1 Å². The molecule has 90 valence electrons. The van der Waals surface area contributed by atoms with E-state index in [0.717, 1.165) is 24.8 Å². The van der Waals surface area contributed by atoms with Gasteiger partial charge in [0.2, 0.25) is 0 Å². The summed E-state index contributed by atoms with van der Waals surface area (Å²) in [4.78, 5) is 4.38. The predicted molar refractivity (Wildman–Crippen MR) is 66.7 cm³/mol. The van der Waals surface area contributed by atoms with Crippen molar-refractivity contribution in [3.8, 4) is 0 Å². The van der Waals surface area contributed by atoms with Crippen LogP contribution in [0.5, 0.6) is 0 Å². The van der Waals surface area contributed by atoms with E-state index in [-0.39, 0.29) is 5.54 Å². The van der Waals surface area contributed by atoms with Gasteiger partial charge in [-0.05, 0) is 32.6 Å². The standard InChI is InChI=1S/C12H20N2OS/c1-12(2,11-13-5-7-16-11)14-8-10-4-3-6-15-9-10/h5,7,10,14H,3-4,6,8-9H2,1-2H3. The van der Waals surface area contributed by atoms with Crippen molar-refractivity contribution in [3.63, 3.8) is 0 Å². The van der Waals surface area contributed by atoms with Gasteiger partial charge in [0.25, 0.3) is 0 Å². The molecule has 1 aromatic rings. The second-order valence-corrected chi connectivity index (χ2v) is 5.82. The van der Waals surface area contributed by atoms with Crippen LogP contribution in [0, 0.1) is 5.92 Å². The first-order valence-electron chi connectivity index (χ1n) is 5.91. The van der Waals surface area contributed by atoms with Crippen LogP contribution < -0.4 is 5.32 Å². The fourth-order valence-corrected chi connectivity index (χ4v) is 2.71. The smallest absolute Gasteiger partial charge is 0.112 e. The lowest BCUT2D eigenvalue weighted by molar-refractivity contribution is 0.0521. The van der Waals surface area contributed by atoms with Crippen molar-refractivity contribution in [2.45, 2.75) is 32.2 Å². The van der Waals surface area contributed by atoms with Crippen molar-refractivity contribution in [3.05, 3.63) is 16.6 Å². The van der Waals surface area contributed by atoms with E-state index >= 15 is 0 Å². The molecule has 1 aliphatic heterocycles. The van der Waals surface area contributed by atoms with Gasteiger partial charge < -0.3 is 10.1 Å². The van der Waals surface area contributed by atoms with E-state index in [0.29, 0.717) is 5.92 Å². The summed E-state index contributed by atoms with van der Waals surface area (Å²) >= 11 is 1.71. The van der Waals surface area contributed by atoms with Crippen LogP contribution in [0.2, 0.25) is 0 Å². The van der Waals surface area contributed by atoms with Gasteiger partial charge in [-0.1, -0.05) is 0 Å². The van der Waals surface area contributed by atoms with E-state index in [9.17, 15) is 0 Å². The fraction of sp³-hybridized carbons (Fsp3) is 0.750. The molecule has 2 heterocycles. The van der Waals surface area contributed by atoms with Crippen molar-refractivity contribution in [2.75, 3.05) is 19.8 Å². The molecule has 16 heavy (non-hydrogen) atoms. The molecule has 2 rings (SSSR count).